The second kappa shape index (κ2) is 6.84. The Morgan fingerprint density at radius 2 is 1.90 bits per heavy atom. The number of aliphatic carboxylic acids is 1. The Hall–Kier alpha value is -1.70. The summed E-state index contributed by atoms with van der Waals surface area (Å²) in [4.78, 5) is 10.7. The summed E-state index contributed by atoms with van der Waals surface area (Å²) in [6.45, 7) is 0.0308. The molecule has 110 valence electrons. The van der Waals surface area contributed by atoms with Gasteiger partial charge in [-0.2, -0.15) is 0 Å². The molecule has 2 rings (SSSR count). The summed E-state index contributed by atoms with van der Waals surface area (Å²) in [6, 6.07) is 9.98. The highest BCUT2D eigenvalue weighted by Gasteiger charge is 2.19. The molecular weight excluding hydrogens is 393 g/mol. The van der Waals surface area contributed by atoms with Crippen molar-refractivity contribution in [1.82, 2.24) is 0 Å². The lowest BCUT2D eigenvalue weighted by atomic mass is 10.1. The molecule has 21 heavy (non-hydrogen) atoms. The van der Waals surface area contributed by atoms with Crippen molar-refractivity contribution in [2.45, 2.75) is 13.0 Å². The lowest BCUT2D eigenvalue weighted by Crippen LogP contribution is -2.07. The fourth-order valence-electron chi connectivity index (χ4n) is 1.78. The number of carboxylic acid groups (broad SMARTS) is 1. The zero-order chi connectivity index (χ0) is 15.4. The van der Waals surface area contributed by atoms with Gasteiger partial charge >= 0.3 is 5.97 Å². The van der Waals surface area contributed by atoms with Gasteiger partial charge in [0.2, 0.25) is 0 Å². The van der Waals surface area contributed by atoms with Gasteiger partial charge in [-0.1, -0.05) is 30.3 Å². The lowest BCUT2D eigenvalue weighted by Gasteiger charge is -2.12. The molecule has 0 radical (unpaired) electrons. The van der Waals surface area contributed by atoms with E-state index in [1.165, 1.54) is 0 Å². The van der Waals surface area contributed by atoms with Crippen LogP contribution in [0.3, 0.4) is 0 Å². The molecule has 1 N–H and O–H groups in total. The standard InChI is InChI=1S/C15H11F2IO3/c16-11-6-10(7-12(19)20)14(18)13(17)15(11)21-8-9-4-2-1-3-5-9/h1-6H,7-8H2,(H,19,20). The fraction of sp³-hybridized carbons (Fsp3) is 0.133. The summed E-state index contributed by atoms with van der Waals surface area (Å²) >= 11 is 1.65. The van der Waals surface area contributed by atoms with Gasteiger partial charge in [0.05, 0.1) is 9.99 Å². The molecule has 2 aromatic carbocycles. The number of ether oxygens (including phenoxy) is 1. The number of hydrogen-bond donors (Lipinski definition) is 1. The molecule has 0 aliphatic heterocycles. The summed E-state index contributed by atoms with van der Waals surface area (Å²) < 4.78 is 33.2. The molecule has 6 heteroatoms. The summed E-state index contributed by atoms with van der Waals surface area (Å²) in [6.07, 6.45) is -0.439. The molecule has 0 aliphatic rings. The van der Waals surface area contributed by atoms with Gasteiger partial charge in [0.1, 0.15) is 6.61 Å². The van der Waals surface area contributed by atoms with Crippen LogP contribution in [0, 0.1) is 15.2 Å². The molecule has 2 aromatic rings. The van der Waals surface area contributed by atoms with Crippen LogP contribution in [-0.4, -0.2) is 11.1 Å². The third-order valence-corrected chi connectivity index (χ3v) is 3.93. The van der Waals surface area contributed by atoms with Crippen molar-refractivity contribution in [1.29, 1.82) is 0 Å². The molecule has 3 nitrogen and oxygen atoms in total. The summed E-state index contributed by atoms with van der Waals surface area (Å²) in [5.41, 5.74) is 0.867. The van der Waals surface area contributed by atoms with Crippen LogP contribution in [-0.2, 0) is 17.8 Å². The Bertz CT molecular complexity index is 660. The van der Waals surface area contributed by atoms with E-state index in [1.54, 1.807) is 46.9 Å². The number of benzene rings is 2. The Morgan fingerprint density at radius 3 is 2.52 bits per heavy atom. The summed E-state index contributed by atoms with van der Waals surface area (Å²) in [5, 5.41) is 8.72. The molecule has 0 spiro atoms. The molecule has 0 unspecified atom stereocenters. The summed E-state index contributed by atoms with van der Waals surface area (Å²) in [5.74, 6) is -3.41. The van der Waals surface area contributed by atoms with E-state index in [0.29, 0.717) is 0 Å². The molecule has 0 amide bonds. The number of carboxylic acids is 1. The quantitative estimate of drug-likeness (QED) is 0.610. The molecule has 0 bridgehead atoms. The molecule has 0 aromatic heterocycles. The third kappa shape index (κ3) is 3.90. The summed E-state index contributed by atoms with van der Waals surface area (Å²) in [7, 11) is 0. The lowest BCUT2D eigenvalue weighted by molar-refractivity contribution is -0.136. The highest BCUT2D eigenvalue weighted by Crippen LogP contribution is 2.30. The van der Waals surface area contributed by atoms with E-state index in [1.807, 2.05) is 6.07 Å². The minimum absolute atomic E-state index is 0.0308. The zero-order valence-corrected chi connectivity index (χ0v) is 12.9. The van der Waals surface area contributed by atoms with Gasteiger partial charge in [0.15, 0.2) is 17.4 Å². The van der Waals surface area contributed by atoms with Gasteiger partial charge in [-0.15, -0.1) is 0 Å². The van der Waals surface area contributed by atoms with Crippen molar-refractivity contribution in [3.05, 3.63) is 62.7 Å². The molecule has 0 atom stereocenters. The fourth-order valence-corrected chi connectivity index (χ4v) is 2.37. The van der Waals surface area contributed by atoms with Gasteiger partial charge in [-0.25, -0.2) is 8.78 Å². The molecule has 0 saturated carbocycles. The monoisotopic (exact) mass is 404 g/mol. The second-order valence-corrected chi connectivity index (χ2v) is 5.40. The largest absolute Gasteiger partial charge is 0.483 e. The highest BCUT2D eigenvalue weighted by atomic mass is 127. The topological polar surface area (TPSA) is 46.5 Å². The highest BCUT2D eigenvalue weighted by molar-refractivity contribution is 14.1. The first-order valence-electron chi connectivity index (χ1n) is 6.04. The maximum absolute atomic E-state index is 14.1. The second-order valence-electron chi connectivity index (χ2n) is 4.32. The van der Waals surface area contributed by atoms with Crippen LogP contribution in [0.15, 0.2) is 36.4 Å². The number of hydrogen-bond acceptors (Lipinski definition) is 2. The van der Waals surface area contributed by atoms with E-state index in [2.05, 4.69) is 0 Å². The molecular formula is C15H11F2IO3. The van der Waals surface area contributed by atoms with Crippen molar-refractivity contribution in [2.75, 3.05) is 0 Å². The first-order chi connectivity index (χ1) is 9.99. The van der Waals surface area contributed by atoms with Crippen LogP contribution < -0.4 is 4.74 Å². The smallest absolute Gasteiger partial charge is 0.307 e. The zero-order valence-electron chi connectivity index (χ0n) is 10.8. The average Bonchev–Trinajstić information content (AvgIpc) is 2.45. The molecule has 0 saturated heterocycles. The van der Waals surface area contributed by atoms with Gasteiger partial charge in [-0.05, 0) is 39.8 Å². The minimum Gasteiger partial charge on any atom is -0.483 e. The van der Waals surface area contributed by atoms with Gasteiger partial charge in [0.25, 0.3) is 0 Å². The van der Waals surface area contributed by atoms with E-state index in [9.17, 15) is 13.6 Å². The van der Waals surface area contributed by atoms with Crippen molar-refractivity contribution in [3.63, 3.8) is 0 Å². The number of carbonyl (C=O) groups is 1. The normalized spacial score (nSPS) is 10.4. The van der Waals surface area contributed by atoms with Gasteiger partial charge < -0.3 is 9.84 Å². The Labute approximate surface area is 133 Å². The molecule has 0 heterocycles. The number of halogens is 3. The van der Waals surface area contributed by atoms with E-state index in [0.717, 1.165) is 11.6 Å². The van der Waals surface area contributed by atoms with Crippen LogP contribution in [0.4, 0.5) is 8.78 Å². The predicted octanol–water partition coefficient (Wildman–Crippen LogP) is 3.78. The van der Waals surface area contributed by atoms with E-state index >= 15 is 0 Å². The van der Waals surface area contributed by atoms with Gasteiger partial charge in [-0.3, -0.25) is 4.79 Å². The van der Waals surface area contributed by atoms with E-state index in [4.69, 9.17) is 9.84 Å². The SMILES string of the molecule is O=C(O)Cc1cc(F)c(OCc2ccccc2)c(F)c1I. The Morgan fingerprint density at radius 1 is 1.24 bits per heavy atom. The van der Waals surface area contributed by atoms with Gasteiger partial charge in [0, 0.05) is 0 Å². The van der Waals surface area contributed by atoms with Crippen molar-refractivity contribution >= 4 is 28.6 Å². The van der Waals surface area contributed by atoms with Crippen molar-refractivity contribution < 1.29 is 23.4 Å². The van der Waals surface area contributed by atoms with Crippen LogP contribution in [0.25, 0.3) is 0 Å². The van der Waals surface area contributed by atoms with E-state index < -0.39 is 29.8 Å². The first-order valence-corrected chi connectivity index (χ1v) is 7.11. The maximum Gasteiger partial charge on any atom is 0.307 e. The molecule has 0 fully saturated rings. The van der Waals surface area contributed by atoms with Crippen LogP contribution in [0.1, 0.15) is 11.1 Å². The Balaban J connectivity index is 2.24. The minimum atomic E-state index is -1.15. The number of rotatable bonds is 5. The van der Waals surface area contributed by atoms with E-state index in [-0.39, 0.29) is 15.7 Å². The van der Waals surface area contributed by atoms with Crippen LogP contribution in [0.5, 0.6) is 5.75 Å². The van der Waals surface area contributed by atoms with Crippen molar-refractivity contribution in [3.8, 4) is 5.75 Å². The van der Waals surface area contributed by atoms with Crippen molar-refractivity contribution in [2.24, 2.45) is 0 Å². The average molecular weight is 404 g/mol. The Kier molecular flexibility index (Phi) is 5.11. The van der Waals surface area contributed by atoms with Crippen LogP contribution in [0.2, 0.25) is 0 Å². The van der Waals surface area contributed by atoms with Crippen LogP contribution >= 0.6 is 22.6 Å². The first kappa shape index (κ1) is 15.7. The maximum atomic E-state index is 14.1. The predicted molar refractivity (Wildman–Crippen MR) is 81.2 cm³/mol. The molecule has 0 aliphatic carbocycles. The third-order valence-electron chi connectivity index (χ3n) is 2.76.